The van der Waals surface area contributed by atoms with E-state index in [0.717, 1.165) is 19.3 Å². The van der Waals surface area contributed by atoms with Crippen LogP contribution in [0.3, 0.4) is 0 Å². The Labute approximate surface area is 84.4 Å². The summed E-state index contributed by atoms with van der Waals surface area (Å²) in [7, 11) is 0. The number of aliphatic hydroxyl groups is 1. The lowest BCUT2D eigenvalue weighted by molar-refractivity contribution is -0.159. The zero-order chi connectivity index (χ0) is 10.2. The molecular formula is C11H17NO2. The minimum absolute atomic E-state index is 0.149. The summed E-state index contributed by atoms with van der Waals surface area (Å²) in [5, 5.41) is 9.77. The Kier molecular flexibility index (Phi) is 2.35. The number of hydrogen-bond acceptors (Lipinski definition) is 2. The van der Waals surface area contributed by atoms with Crippen LogP contribution in [0, 0.1) is 5.92 Å². The Morgan fingerprint density at radius 2 is 2.07 bits per heavy atom. The van der Waals surface area contributed by atoms with Crippen molar-refractivity contribution in [3.05, 3.63) is 12.2 Å². The lowest BCUT2D eigenvalue weighted by Gasteiger charge is -2.47. The molecule has 0 atom stereocenters. The van der Waals surface area contributed by atoms with Crippen LogP contribution in [0.4, 0.5) is 0 Å². The van der Waals surface area contributed by atoms with Crippen LogP contribution in [0.1, 0.15) is 26.2 Å². The third kappa shape index (κ3) is 1.57. The molecular weight excluding hydrogens is 178 g/mol. The number of nitrogens with zero attached hydrogens (tertiary/aromatic N) is 1. The van der Waals surface area contributed by atoms with Crippen LogP contribution in [0.15, 0.2) is 12.2 Å². The number of carbonyl (C=O) groups excluding carboxylic acids is 1. The van der Waals surface area contributed by atoms with Gasteiger partial charge in [-0.15, -0.1) is 0 Å². The SMILES string of the molecule is CCC1(O)CN(C(=O)C2CC=CC2)C1. The molecule has 0 aromatic heterocycles. The third-order valence-corrected chi connectivity index (χ3v) is 3.30. The number of carbonyl (C=O) groups is 1. The van der Waals surface area contributed by atoms with Crippen LogP contribution in [-0.2, 0) is 4.79 Å². The van der Waals surface area contributed by atoms with Crippen molar-refractivity contribution in [3.8, 4) is 0 Å². The number of rotatable bonds is 2. The molecule has 1 saturated heterocycles. The molecule has 0 bridgehead atoms. The molecule has 3 nitrogen and oxygen atoms in total. The zero-order valence-corrected chi connectivity index (χ0v) is 8.57. The zero-order valence-electron chi connectivity index (χ0n) is 8.57. The van der Waals surface area contributed by atoms with E-state index < -0.39 is 5.60 Å². The molecule has 2 aliphatic rings. The highest BCUT2D eigenvalue weighted by Gasteiger charge is 2.43. The molecule has 1 N–H and O–H groups in total. The van der Waals surface area contributed by atoms with Gasteiger partial charge in [0.1, 0.15) is 0 Å². The number of amides is 1. The number of hydrogen-bond donors (Lipinski definition) is 1. The van der Waals surface area contributed by atoms with Gasteiger partial charge in [-0.1, -0.05) is 19.1 Å². The van der Waals surface area contributed by atoms with Crippen molar-refractivity contribution in [2.24, 2.45) is 5.92 Å². The van der Waals surface area contributed by atoms with Gasteiger partial charge in [0, 0.05) is 5.92 Å². The van der Waals surface area contributed by atoms with Gasteiger partial charge in [-0.2, -0.15) is 0 Å². The van der Waals surface area contributed by atoms with Crippen LogP contribution in [0.25, 0.3) is 0 Å². The Balaban J connectivity index is 1.84. The van der Waals surface area contributed by atoms with Gasteiger partial charge in [0.05, 0.1) is 18.7 Å². The lowest BCUT2D eigenvalue weighted by atomic mass is 9.89. The van der Waals surface area contributed by atoms with Crippen molar-refractivity contribution in [3.63, 3.8) is 0 Å². The van der Waals surface area contributed by atoms with Crippen LogP contribution in [0.2, 0.25) is 0 Å². The summed E-state index contributed by atoms with van der Waals surface area (Å²) in [6.45, 7) is 3.01. The summed E-state index contributed by atoms with van der Waals surface area (Å²) in [5.74, 6) is 0.365. The molecule has 1 aliphatic heterocycles. The normalized spacial score (nSPS) is 25.1. The van der Waals surface area contributed by atoms with Crippen molar-refractivity contribution in [1.29, 1.82) is 0 Å². The molecule has 0 unspecified atom stereocenters. The van der Waals surface area contributed by atoms with Gasteiger partial charge in [0.15, 0.2) is 0 Å². The predicted octanol–water partition coefficient (Wildman–Crippen LogP) is 0.936. The molecule has 0 aromatic rings. The van der Waals surface area contributed by atoms with E-state index >= 15 is 0 Å². The first kappa shape index (κ1) is 9.71. The molecule has 1 fully saturated rings. The van der Waals surface area contributed by atoms with Crippen LogP contribution < -0.4 is 0 Å². The maximum absolute atomic E-state index is 11.8. The molecule has 2 rings (SSSR count). The summed E-state index contributed by atoms with van der Waals surface area (Å²) in [4.78, 5) is 13.6. The first-order valence-corrected chi connectivity index (χ1v) is 5.31. The van der Waals surface area contributed by atoms with Gasteiger partial charge in [0.25, 0.3) is 0 Å². The lowest BCUT2D eigenvalue weighted by Crippen LogP contribution is -2.64. The van der Waals surface area contributed by atoms with Gasteiger partial charge in [-0.05, 0) is 19.3 Å². The fourth-order valence-electron chi connectivity index (χ4n) is 2.12. The van der Waals surface area contributed by atoms with E-state index in [1.165, 1.54) is 0 Å². The molecule has 14 heavy (non-hydrogen) atoms. The minimum atomic E-state index is -0.596. The van der Waals surface area contributed by atoms with Gasteiger partial charge >= 0.3 is 0 Å². The molecule has 3 heteroatoms. The van der Waals surface area contributed by atoms with Crippen molar-refractivity contribution in [1.82, 2.24) is 4.90 Å². The minimum Gasteiger partial charge on any atom is -0.386 e. The Bertz CT molecular complexity index is 258. The van der Waals surface area contributed by atoms with E-state index in [1.54, 1.807) is 4.90 Å². The number of likely N-dealkylation sites (tertiary alicyclic amines) is 1. The second-order valence-electron chi connectivity index (χ2n) is 4.41. The van der Waals surface area contributed by atoms with E-state index in [1.807, 2.05) is 6.92 Å². The maximum atomic E-state index is 11.8. The van der Waals surface area contributed by atoms with Crippen molar-refractivity contribution in [2.75, 3.05) is 13.1 Å². The van der Waals surface area contributed by atoms with Gasteiger partial charge < -0.3 is 10.0 Å². The molecule has 0 aromatic carbocycles. The Hall–Kier alpha value is -0.830. The number of allylic oxidation sites excluding steroid dienone is 2. The van der Waals surface area contributed by atoms with E-state index in [4.69, 9.17) is 0 Å². The standard InChI is InChI=1S/C11H17NO2/c1-2-11(14)7-12(8-11)10(13)9-5-3-4-6-9/h3-4,9,14H,2,5-8H2,1H3. The molecule has 0 radical (unpaired) electrons. The Morgan fingerprint density at radius 3 is 2.57 bits per heavy atom. The third-order valence-electron chi connectivity index (χ3n) is 3.30. The monoisotopic (exact) mass is 195 g/mol. The highest BCUT2D eigenvalue weighted by atomic mass is 16.3. The molecule has 1 heterocycles. The summed E-state index contributed by atoms with van der Waals surface area (Å²) in [5.41, 5.74) is -0.596. The molecule has 0 spiro atoms. The van der Waals surface area contributed by atoms with Crippen LogP contribution in [-0.4, -0.2) is 34.6 Å². The second kappa shape index (κ2) is 3.39. The summed E-state index contributed by atoms with van der Waals surface area (Å²) in [6, 6.07) is 0. The molecule has 1 amide bonds. The first-order chi connectivity index (χ1) is 6.64. The quantitative estimate of drug-likeness (QED) is 0.666. The molecule has 1 aliphatic carbocycles. The largest absolute Gasteiger partial charge is 0.386 e. The van der Waals surface area contributed by atoms with Crippen LogP contribution in [0.5, 0.6) is 0 Å². The van der Waals surface area contributed by atoms with Crippen molar-refractivity contribution < 1.29 is 9.90 Å². The smallest absolute Gasteiger partial charge is 0.226 e. The first-order valence-electron chi connectivity index (χ1n) is 5.31. The average molecular weight is 195 g/mol. The summed E-state index contributed by atoms with van der Waals surface area (Å²) < 4.78 is 0. The second-order valence-corrected chi connectivity index (χ2v) is 4.41. The maximum Gasteiger partial charge on any atom is 0.226 e. The fourth-order valence-corrected chi connectivity index (χ4v) is 2.12. The fraction of sp³-hybridized carbons (Fsp3) is 0.727. The molecule has 78 valence electrons. The van der Waals surface area contributed by atoms with E-state index in [0.29, 0.717) is 13.1 Å². The summed E-state index contributed by atoms with van der Waals surface area (Å²) in [6.07, 6.45) is 6.61. The highest BCUT2D eigenvalue weighted by molar-refractivity contribution is 5.80. The highest BCUT2D eigenvalue weighted by Crippen LogP contribution is 2.28. The Morgan fingerprint density at radius 1 is 1.50 bits per heavy atom. The van der Waals surface area contributed by atoms with Crippen molar-refractivity contribution in [2.45, 2.75) is 31.8 Å². The number of β-amino-alcohol motifs (C(OH)–C–C–N with tert-alkyl or cyclic N) is 1. The van der Waals surface area contributed by atoms with E-state index in [2.05, 4.69) is 12.2 Å². The van der Waals surface area contributed by atoms with Crippen LogP contribution >= 0.6 is 0 Å². The van der Waals surface area contributed by atoms with E-state index in [9.17, 15) is 9.90 Å². The topological polar surface area (TPSA) is 40.5 Å². The van der Waals surface area contributed by atoms with Crippen molar-refractivity contribution >= 4 is 5.91 Å². The average Bonchev–Trinajstić information content (AvgIpc) is 2.64. The summed E-state index contributed by atoms with van der Waals surface area (Å²) >= 11 is 0. The molecule has 0 saturated carbocycles. The van der Waals surface area contributed by atoms with Gasteiger partial charge in [0.2, 0.25) is 5.91 Å². The van der Waals surface area contributed by atoms with Gasteiger partial charge in [-0.25, -0.2) is 0 Å². The van der Waals surface area contributed by atoms with E-state index in [-0.39, 0.29) is 11.8 Å². The van der Waals surface area contributed by atoms with Gasteiger partial charge in [-0.3, -0.25) is 4.79 Å². The predicted molar refractivity (Wildman–Crippen MR) is 53.7 cm³/mol.